The normalized spacial score (nSPS) is 18.4. The van der Waals surface area contributed by atoms with Crippen LogP contribution in [0.25, 0.3) is 11.1 Å². The van der Waals surface area contributed by atoms with Gasteiger partial charge >= 0.3 is 0 Å². The molecule has 1 atom stereocenters. The molecule has 0 radical (unpaired) electrons. The molecule has 4 rings (SSSR count). The number of hydrogen-bond acceptors (Lipinski definition) is 2. The maximum absolute atomic E-state index is 15.1. The first-order valence-corrected chi connectivity index (χ1v) is 13.1. The number of halogens is 3. The zero-order valence-corrected chi connectivity index (χ0v) is 21.4. The highest BCUT2D eigenvalue weighted by Crippen LogP contribution is 2.39. The van der Waals surface area contributed by atoms with E-state index in [2.05, 4.69) is 6.58 Å². The molecule has 0 heterocycles. The van der Waals surface area contributed by atoms with E-state index in [-0.39, 0.29) is 35.1 Å². The number of hydrogen-bond donors (Lipinski definition) is 1. The summed E-state index contributed by atoms with van der Waals surface area (Å²) < 4.78 is 49.8. The molecule has 0 saturated heterocycles. The van der Waals surface area contributed by atoms with E-state index in [1.807, 2.05) is 18.2 Å². The van der Waals surface area contributed by atoms with Gasteiger partial charge in [0.1, 0.15) is 0 Å². The molecule has 1 saturated carbocycles. The fraction of sp³-hybridized carbons (Fsp3) is 0.375. The number of ether oxygens (including phenoxy) is 1. The van der Waals surface area contributed by atoms with Crippen LogP contribution in [0.3, 0.4) is 0 Å². The van der Waals surface area contributed by atoms with E-state index in [1.54, 1.807) is 43.3 Å². The Labute approximate surface area is 217 Å². The van der Waals surface area contributed by atoms with Crippen LogP contribution in [0.4, 0.5) is 13.2 Å². The number of benzene rings is 3. The van der Waals surface area contributed by atoms with Crippen LogP contribution in [0.1, 0.15) is 61.6 Å². The molecule has 37 heavy (non-hydrogen) atoms. The van der Waals surface area contributed by atoms with Crippen LogP contribution in [0.15, 0.2) is 67.3 Å². The van der Waals surface area contributed by atoms with Gasteiger partial charge in [-0.2, -0.15) is 0 Å². The van der Waals surface area contributed by atoms with Crippen molar-refractivity contribution in [2.45, 2.75) is 63.9 Å². The molecule has 1 aliphatic carbocycles. The summed E-state index contributed by atoms with van der Waals surface area (Å²) in [5.74, 6) is -1.49. The van der Waals surface area contributed by atoms with Gasteiger partial charge in [0, 0.05) is 5.56 Å². The van der Waals surface area contributed by atoms with E-state index >= 15 is 8.78 Å². The van der Waals surface area contributed by atoms with Gasteiger partial charge in [-0.1, -0.05) is 48.5 Å². The number of aliphatic hydroxyl groups is 1. The summed E-state index contributed by atoms with van der Waals surface area (Å²) in [5, 5.41) is 9.80. The maximum Gasteiger partial charge on any atom is 0.166 e. The van der Waals surface area contributed by atoms with E-state index in [0.717, 1.165) is 36.8 Å². The van der Waals surface area contributed by atoms with Crippen molar-refractivity contribution < 1.29 is 23.0 Å². The monoisotopic (exact) mass is 508 g/mol. The second-order valence-electron chi connectivity index (χ2n) is 10.1. The lowest BCUT2D eigenvalue weighted by atomic mass is 9.76. The summed E-state index contributed by atoms with van der Waals surface area (Å²) in [4.78, 5) is 0. The minimum Gasteiger partial charge on any atom is -0.490 e. The average Bonchev–Trinajstić information content (AvgIpc) is 2.91. The van der Waals surface area contributed by atoms with Gasteiger partial charge in [0.25, 0.3) is 0 Å². The third kappa shape index (κ3) is 6.64. The summed E-state index contributed by atoms with van der Waals surface area (Å²) >= 11 is 0. The second-order valence-corrected chi connectivity index (χ2v) is 10.1. The van der Waals surface area contributed by atoms with Crippen LogP contribution in [0.2, 0.25) is 0 Å². The summed E-state index contributed by atoms with van der Waals surface area (Å²) in [5.41, 5.74) is 3.20. The highest BCUT2D eigenvalue weighted by atomic mass is 19.2. The third-order valence-corrected chi connectivity index (χ3v) is 7.55. The van der Waals surface area contributed by atoms with Crippen LogP contribution >= 0.6 is 0 Å². The maximum atomic E-state index is 15.1. The molecule has 1 N–H and O–H groups in total. The minimum absolute atomic E-state index is 0.0152. The molecular weight excluding hydrogens is 473 g/mol. The molecule has 0 aromatic heterocycles. The quantitative estimate of drug-likeness (QED) is 0.221. The highest BCUT2D eigenvalue weighted by molar-refractivity contribution is 5.65. The Balaban J connectivity index is 1.38. The zero-order valence-electron chi connectivity index (χ0n) is 21.4. The lowest BCUT2D eigenvalue weighted by Crippen LogP contribution is -2.23. The Bertz CT molecular complexity index is 1200. The van der Waals surface area contributed by atoms with E-state index in [4.69, 9.17) is 4.74 Å². The van der Waals surface area contributed by atoms with E-state index in [0.29, 0.717) is 37.0 Å². The van der Waals surface area contributed by atoms with Crippen molar-refractivity contribution in [2.24, 2.45) is 5.92 Å². The summed E-state index contributed by atoms with van der Waals surface area (Å²) in [6.07, 6.45) is 6.54. The number of rotatable bonds is 10. The number of aryl methyl sites for hydroxylation is 2. The van der Waals surface area contributed by atoms with Crippen molar-refractivity contribution >= 4 is 0 Å². The lowest BCUT2D eigenvalue weighted by Gasteiger charge is -2.30. The predicted octanol–water partition coefficient (Wildman–Crippen LogP) is 8.17. The van der Waals surface area contributed by atoms with E-state index < -0.39 is 11.6 Å². The largest absolute Gasteiger partial charge is 0.490 e. The molecule has 2 nitrogen and oxygen atoms in total. The van der Waals surface area contributed by atoms with Crippen molar-refractivity contribution in [2.75, 3.05) is 6.61 Å². The van der Waals surface area contributed by atoms with E-state index in [9.17, 15) is 9.50 Å². The van der Waals surface area contributed by atoms with Crippen LogP contribution in [0, 0.1) is 23.4 Å². The Hall–Kier alpha value is -3.05. The molecule has 1 aliphatic rings. The summed E-state index contributed by atoms with van der Waals surface area (Å²) in [7, 11) is 0. The fourth-order valence-corrected chi connectivity index (χ4v) is 5.22. The van der Waals surface area contributed by atoms with Gasteiger partial charge in [-0.15, -0.1) is 6.58 Å². The van der Waals surface area contributed by atoms with Crippen molar-refractivity contribution in [1.82, 2.24) is 0 Å². The van der Waals surface area contributed by atoms with Crippen molar-refractivity contribution in [3.05, 3.63) is 101 Å². The Kier molecular flexibility index (Phi) is 9.09. The Morgan fingerprint density at radius 3 is 2.24 bits per heavy atom. The molecule has 0 bridgehead atoms. The first-order chi connectivity index (χ1) is 17.9. The van der Waals surface area contributed by atoms with Crippen molar-refractivity contribution in [3.63, 3.8) is 0 Å². The minimum atomic E-state index is -0.811. The Morgan fingerprint density at radius 1 is 0.919 bits per heavy atom. The molecule has 3 aromatic rings. The number of aliphatic hydroxyl groups excluding tert-OH is 1. The molecule has 1 unspecified atom stereocenters. The SMILES string of the molecule is C=CCCOc1ccc(CCc2ccc(-c3ccc(C4CCC(C(C)O)CC4)c(F)c3F)cc2)cc1F. The van der Waals surface area contributed by atoms with E-state index in [1.165, 1.54) is 6.07 Å². The zero-order chi connectivity index (χ0) is 26.4. The van der Waals surface area contributed by atoms with Gasteiger partial charge in [0.15, 0.2) is 23.2 Å². The van der Waals surface area contributed by atoms with Gasteiger partial charge in [-0.05, 0) is 98.1 Å². The van der Waals surface area contributed by atoms with Crippen molar-refractivity contribution in [1.29, 1.82) is 0 Å². The average molecular weight is 509 g/mol. The topological polar surface area (TPSA) is 29.5 Å². The Morgan fingerprint density at radius 2 is 1.59 bits per heavy atom. The first kappa shape index (κ1) is 27.0. The first-order valence-electron chi connectivity index (χ1n) is 13.1. The fourth-order valence-electron chi connectivity index (χ4n) is 5.22. The molecule has 0 amide bonds. The standard InChI is InChI=1S/C32H35F3O2/c1-3-4-19-37-30-18-9-23(20-29(30)33)6-5-22-7-10-25(11-8-22)27-16-17-28(32(35)31(27)34)26-14-12-24(13-15-26)21(2)36/h3,7-11,16-18,20-21,24,26,36H,1,4-6,12-15,19H2,2H3. The van der Waals surface area contributed by atoms with Crippen LogP contribution < -0.4 is 4.74 Å². The smallest absolute Gasteiger partial charge is 0.166 e. The van der Waals surface area contributed by atoms with Gasteiger partial charge in [-0.25, -0.2) is 13.2 Å². The van der Waals surface area contributed by atoms with Crippen molar-refractivity contribution in [3.8, 4) is 16.9 Å². The molecular formula is C32H35F3O2. The molecule has 0 aliphatic heterocycles. The molecule has 196 valence electrons. The molecule has 5 heteroatoms. The second kappa shape index (κ2) is 12.5. The summed E-state index contributed by atoms with van der Waals surface area (Å²) in [6, 6.07) is 15.8. The van der Waals surface area contributed by atoms with Gasteiger partial charge in [-0.3, -0.25) is 0 Å². The highest BCUT2D eigenvalue weighted by Gasteiger charge is 2.28. The van der Waals surface area contributed by atoms with Crippen LogP contribution in [-0.2, 0) is 12.8 Å². The molecule has 0 spiro atoms. The van der Waals surface area contributed by atoms with Crippen LogP contribution in [-0.4, -0.2) is 17.8 Å². The summed E-state index contributed by atoms with van der Waals surface area (Å²) in [6.45, 7) is 5.81. The molecule has 1 fully saturated rings. The lowest BCUT2D eigenvalue weighted by molar-refractivity contribution is 0.0964. The molecule has 3 aromatic carbocycles. The van der Waals surface area contributed by atoms with Gasteiger partial charge in [0.2, 0.25) is 0 Å². The van der Waals surface area contributed by atoms with Crippen LogP contribution in [0.5, 0.6) is 5.75 Å². The third-order valence-electron chi connectivity index (χ3n) is 7.55. The predicted molar refractivity (Wildman–Crippen MR) is 142 cm³/mol. The van der Waals surface area contributed by atoms with Gasteiger partial charge in [0.05, 0.1) is 12.7 Å². The van der Waals surface area contributed by atoms with Gasteiger partial charge < -0.3 is 9.84 Å².